The van der Waals surface area contributed by atoms with Gasteiger partial charge in [0.15, 0.2) is 5.78 Å². The number of likely N-dealkylation sites (N-methyl/N-ethyl adjacent to an activating group) is 1. The molecule has 0 spiro atoms. The Morgan fingerprint density at radius 3 is 2.59 bits per heavy atom. The molecule has 0 radical (unpaired) electrons. The summed E-state index contributed by atoms with van der Waals surface area (Å²) in [7, 11) is 3.88. The van der Waals surface area contributed by atoms with E-state index in [4.69, 9.17) is 23.2 Å². The summed E-state index contributed by atoms with van der Waals surface area (Å²) in [6.45, 7) is 4.95. The predicted octanol–water partition coefficient (Wildman–Crippen LogP) is 4.11. The number of hydrogen-bond donors (Lipinski definition) is 1. The zero-order valence-corrected chi connectivity index (χ0v) is 17.7. The summed E-state index contributed by atoms with van der Waals surface area (Å²) in [6, 6.07) is 7.55. The maximum absolute atomic E-state index is 12.9. The summed E-state index contributed by atoms with van der Waals surface area (Å²) in [5.74, 6) is 0.211. The average Bonchev–Trinajstić information content (AvgIpc) is 2.92. The van der Waals surface area contributed by atoms with Crippen LogP contribution in [0.3, 0.4) is 0 Å². The molecule has 0 amide bonds. The van der Waals surface area contributed by atoms with Crippen LogP contribution in [-0.2, 0) is 7.05 Å². The molecule has 7 heteroatoms. The molecule has 0 saturated carbocycles. The van der Waals surface area contributed by atoms with Gasteiger partial charge in [-0.15, -0.1) is 0 Å². The van der Waals surface area contributed by atoms with Crippen LogP contribution in [0.1, 0.15) is 35.8 Å². The SMILES string of the molecule is Cc1nn(C)c(Cl)c1N(C)C(C)C1CC(C(=O)c2ccc(Cl)cc2)CCN1. The van der Waals surface area contributed by atoms with Crippen LogP contribution in [0.2, 0.25) is 10.2 Å². The molecule has 1 aromatic carbocycles. The summed E-state index contributed by atoms with van der Waals surface area (Å²) in [5, 5.41) is 9.26. The standard InChI is InChI=1S/C20H26Cl2N4O/c1-12-18(20(22)26(4)24-12)25(3)13(2)17-11-15(9-10-23-17)19(27)14-5-7-16(21)8-6-14/h5-8,13,15,17,23H,9-11H2,1-4H3. The van der Waals surface area contributed by atoms with E-state index >= 15 is 0 Å². The molecular weight excluding hydrogens is 383 g/mol. The van der Waals surface area contributed by atoms with Gasteiger partial charge in [0.05, 0.1) is 11.4 Å². The number of anilines is 1. The van der Waals surface area contributed by atoms with E-state index in [2.05, 4.69) is 22.2 Å². The number of carbonyl (C=O) groups excluding carboxylic acids is 1. The van der Waals surface area contributed by atoms with Gasteiger partial charge in [-0.1, -0.05) is 23.2 Å². The first-order valence-electron chi connectivity index (χ1n) is 9.24. The van der Waals surface area contributed by atoms with Crippen LogP contribution >= 0.6 is 23.2 Å². The molecule has 1 saturated heterocycles. The van der Waals surface area contributed by atoms with Crippen LogP contribution in [0.4, 0.5) is 5.69 Å². The Morgan fingerprint density at radius 1 is 1.33 bits per heavy atom. The van der Waals surface area contributed by atoms with Gasteiger partial charge >= 0.3 is 0 Å². The highest BCUT2D eigenvalue weighted by molar-refractivity contribution is 6.32. The van der Waals surface area contributed by atoms with Crippen molar-refractivity contribution in [2.75, 3.05) is 18.5 Å². The van der Waals surface area contributed by atoms with E-state index in [-0.39, 0.29) is 23.8 Å². The van der Waals surface area contributed by atoms with Gasteiger partial charge in [0.25, 0.3) is 0 Å². The number of Topliss-reactive ketones (excluding diaryl/α,β-unsaturated/α-hetero) is 1. The molecular formula is C20H26Cl2N4O. The van der Waals surface area contributed by atoms with Crippen LogP contribution in [0.25, 0.3) is 0 Å². The summed E-state index contributed by atoms with van der Waals surface area (Å²) in [5.41, 5.74) is 2.58. The van der Waals surface area contributed by atoms with Crippen molar-refractivity contribution in [1.29, 1.82) is 0 Å². The third kappa shape index (κ3) is 4.15. The fourth-order valence-corrected chi connectivity index (χ4v) is 4.33. The minimum Gasteiger partial charge on any atom is -0.366 e. The van der Waals surface area contributed by atoms with Crippen LogP contribution in [0.5, 0.6) is 0 Å². The lowest BCUT2D eigenvalue weighted by Crippen LogP contribution is -2.52. The Kier molecular flexibility index (Phi) is 6.14. The zero-order chi connectivity index (χ0) is 19.7. The van der Waals surface area contributed by atoms with Crippen molar-refractivity contribution in [1.82, 2.24) is 15.1 Å². The number of aromatic nitrogens is 2. The summed E-state index contributed by atoms with van der Waals surface area (Å²) >= 11 is 12.4. The van der Waals surface area contributed by atoms with E-state index in [1.807, 2.05) is 33.2 Å². The molecule has 0 aliphatic carbocycles. The molecule has 3 atom stereocenters. The summed E-state index contributed by atoms with van der Waals surface area (Å²) < 4.78 is 1.69. The number of nitrogens with one attached hydrogen (secondary N) is 1. The van der Waals surface area contributed by atoms with E-state index in [0.29, 0.717) is 10.2 Å². The van der Waals surface area contributed by atoms with Gasteiger partial charge in [0.2, 0.25) is 0 Å². The normalized spacial score (nSPS) is 21.1. The number of piperidine rings is 1. The third-order valence-electron chi connectivity index (χ3n) is 5.61. The molecule has 2 aromatic rings. The van der Waals surface area contributed by atoms with Crippen LogP contribution in [0, 0.1) is 12.8 Å². The van der Waals surface area contributed by atoms with Crippen LogP contribution in [-0.4, -0.2) is 41.2 Å². The minimum atomic E-state index is 0.0127. The second-order valence-corrected chi connectivity index (χ2v) is 8.15. The Morgan fingerprint density at radius 2 is 2.00 bits per heavy atom. The molecule has 5 nitrogen and oxygen atoms in total. The fraction of sp³-hybridized carbons (Fsp3) is 0.500. The highest BCUT2D eigenvalue weighted by Crippen LogP contribution is 2.32. The molecule has 1 aromatic heterocycles. The Balaban J connectivity index is 1.73. The molecule has 1 aliphatic rings. The topological polar surface area (TPSA) is 50.2 Å². The van der Waals surface area contributed by atoms with E-state index in [1.165, 1.54) is 0 Å². The maximum Gasteiger partial charge on any atom is 0.166 e. The monoisotopic (exact) mass is 408 g/mol. The number of nitrogens with zero attached hydrogens (tertiary/aromatic N) is 3. The van der Waals surface area contributed by atoms with Gasteiger partial charge in [0.1, 0.15) is 5.15 Å². The zero-order valence-electron chi connectivity index (χ0n) is 16.2. The Labute approximate surface area is 170 Å². The van der Waals surface area contributed by atoms with Gasteiger partial charge < -0.3 is 10.2 Å². The van der Waals surface area contributed by atoms with Crippen molar-refractivity contribution < 1.29 is 4.79 Å². The predicted molar refractivity (Wildman–Crippen MR) is 111 cm³/mol. The van der Waals surface area contributed by atoms with Crippen LogP contribution in [0.15, 0.2) is 24.3 Å². The van der Waals surface area contributed by atoms with Crippen molar-refractivity contribution in [3.63, 3.8) is 0 Å². The van der Waals surface area contributed by atoms with E-state index in [1.54, 1.807) is 16.8 Å². The number of rotatable bonds is 5. The molecule has 27 heavy (non-hydrogen) atoms. The van der Waals surface area contributed by atoms with Gasteiger partial charge in [0, 0.05) is 42.7 Å². The van der Waals surface area contributed by atoms with Gasteiger partial charge in [-0.2, -0.15) is 5.10 Å². The number of aryl methyl sites for hydroxylation is 2. The largest absolute Gasteiger partial charge is 0.366 e. The van der Waals surface area contributed by atoms with Crippen molar-refractivity contribution in [3.8, 4) is 0 Å². The molecule has 3 rings (SSSR count). The number of carbonyl (C=O) groups is 1. The maximum atomic E-state index is 12.9. The molecule has 1 fully saturated rings. The average molecular weight is 409 g/mol. The van der Waals surface area contributed by atoms with E-state index in [9.17, 15) is 4.79 Å². The van der Waals surface area contributed by atoms with Crippen molar-refractivity contribution in [2.45, 2.75) is 38.8 Å². The fourth-order valence-electron chi connectivity index (χ4n) is 3.90. The molecule has 1 aliphatic heterocycles. The number of hydrogen-bond acceptors (Lipinski definition) is 4. The summed E-state index contributed by atoms with van der Waals surface area (Å²) in [4.78, 5) is 15.1. The second kappa shape index (κ2) is 8.21. The molecule has 0 bridgehead atoms. The first kappa shape index (κ1) is 20.2. The summed E-state index contributed by atoms with van der Waals surface area (Å²) in [6.07, 6.45) is 1.64. The smallest absolute Gasteiger partial charge is 0.166 e. The highest BCUT2D eigenvalue weighted by atomic mass is 35.5. The van der Waals surface area contributed by atoms with Gasteiger partial charge in [-0.05, 0) is 57.5 Å². The molecule has 146 valence electrons. The minimum absolute atomic E-state index is 0.0127. The van der Waals surface area contributed by atoms with Gasteiger partial charge in [-0.25, -0.2) is 0 Å². The lowest BCUT2D eigenvalue weighted by Gasteiger charge is -2.38. The molecule has 3 unspecified atom stereocenters. The first-order chi connectivity index (χ1) is 12.8. The molecule has 2 heterocycles. The number of ketones is 1. The third-order valence-corrected chi connectivity index (χ3v) is 6.28. The second-order valence-electron chi connectivity index (χ2n) is 7.35. The highest BCUT2D eigenvalue weighted by Gasteiger charge is 2.33. The number of halogens is 2. The van der Waals surface area contributed by atoms with Crippen molar-refractivity contribution in [2.24, 2.45) is 13.0 Å². The lowest BCUT2D eigenvalue weighted by molar-refractivity contribution is 0.0873. The van der Waals surface area contributed by atoms with Crippen molar-refractivity contribution in [3.05, 3.63) is 45.7 Å². The number of benzene rings is 1. The Hall–Kier alpha value is -1.56. The molecule has 1 N–H and O–H groups in total. The quantitative estimate of drug-likeness (QED) is 0.756. The van der Waals surface area contributed by atoms with E-state index < -0.39 is 0 Å². The Bertz CT molecular complexity index is 818. The first-order valence-corrected chi connectivity index (χ1v) is 10.00. The van der Waals surface area contributed by atoms with E-state index in [0.717, 1.165) is 36.3 Å². The van der Waals surface area contributed by atoms with Gasteiger partial charge in [-0.3, -0.25) is 9.48 Å². The van der Waals surface area contributed by atoms with Crippen molar-refractivity contribution >= 4 is 34.7 Å². The lowest BCUT2D eigenvalue weighted by atomic mass is 9.83. The van der Waals surface area contributed by atoms with Crippen LogP contribution < -0.4 is 10.2 Å².